The van der Waals surface area contributed by atoms with Gasteiger partial charge in [-0.3, -0.25) is 0 Å². The lowest BCUT2D eigenvalue weighted by atomic mass is 9.92. The molecule has 2 aromatic carbocycles. The minimum atomic E-state index is -3.54. The molecule has 0 bridgehead atoms. The van der Waals surface area contributed by atoms with Gasteiger partial charge < -0.3 is 0 Å². The van der Waals surface area contributed by atoms with Gasteiger partial charge in [0.25, 0.3) is 0 Å². The average molecular weight is 353 g/mol. The van der Waals surface area contributed by atoms with Gasteiger partial charge in [-0.2, -0.15) is 4.31 Å². The second kappa shape index (κ2) is 6.43. The highest BCUT2D eigenvalue weighted by molar-refractivity contribution is 7.89. The van der Waals surface area contributed by atoms with E-state index < -0.39 is 10.0 Å². The van der Waals surface area contributed by atoms with Gasteiger partial charge in [-0.1, -0.05) is 66.1 Å². The van der Waals surface area contributed by atoms with E-state index in [0.717, 1.165) is 36.8 Å². The van der Waals surface area contributed by atoms with E-state index in [9.17, 15) is 8.42 Å². The van der Waals surface area contributed by atoms with E-state index in [0.29, 0.717) is 4.90 Å². The largest absolute Gasteiger partial charge is 0.244 e. The molecule has 0 N–H and O–H groups in total. The van der Waals surface area contributed by atoms with Crippen LogP contribution in [0.25, 0.3) is 0 Å². The highest BCUT2D eigenvalue weighted by atomic mass is 32.2. The molecule has 0 saturated heterocycles. The molecule has 1 aliphatic heterocycles. The SMILES string of the molecule is Cc1ccc(S(=O)(=O)N2[C@H]3CCCCC3=C[C@H]2c2ccccc2)cc1. The predicted octanol–water partition coefficient (Wildman–Crippen LogP) is 4.61. The summed E-state index contributed by atoms with van der Waals surface area (Å²) >= 11 is 0. The first-order valence-electron chi connectivity index (χ1n) is 8.93. The first kappa shape index (κ1) is 16.6. The van der Waals surface area contributed by atoms with E-state index in [1.165, 1.54) is 5.57 Å². The first-order valence-corrected chi connectivity index (χ1v) is 10.4. The molecule has 0 unspecified atom stereocenters. The van der Waals surface area contributed by atoms with Gasteiger partial charge in [0, 0.05) is 6.04 Å². The van der Waals surface area contributed by atoms with E-state index in [4.69, 9.17) is 0 Å². The standard InChI is InChI=1S/C21H23NO2S/c1-16-11-13-19(14-12-16)25(23,24)22-20-10-6-5-9-18(20)15-21(22)17-7-3-2-4-8-17/h2-4,7-8,11-15,20-21H,5-6,9-10H2,1H3/t20-,21-/m0/s1. The number of rotatable bonds is 3. The Morgan fingerprint density at radius 3 is 2.40 bits per heavy atom. The highest BCUT2D eigenvalue weighted by Crippen LogP contribution is 2.44. The summed E-state index contributed by atoms with van der Waals surface area (Å²) in [7, 11) is -3.54. The summed E-state index contributed by atoms with van der Waals surface area (Å²) < 4.78 is 28.7. The van der Waals surface area contributed by atoms with Crippen molar-refractivity contribution < 1.29 is 8.42 Å². The van der Waals surface area contributed by atoms with Crippen molar-refractivity contribution in [3.8, 4) is 0 Å². The third-order valence-electron chi connectivity index (χ3n) is 5.31. The Hall–Kier alpha value is -1.91. The first-order chi connectivity index (χ1) is 12.1. The summed E-state index contributed by atoms with van der Waals surface area (Å²) in [6.07, 6.45) is 6.35. The van der Waals surface area contributed by atoms with E-state index in [1.54, 1.807) is 16.4 Å². The maximum Gasteiger partial charge on any atom is 0.244 e. The van der Waals surface area contributed by atoms with Crippen LogP contribution >= 0.6 is 0 Å². The van der Waals surface area contributed by atoms with Crippen LogP contribution in [0.5, 0.6) is 0 Å². The fourth-order valence-electron chi connectivity index (χ4n) is 4.02. The Morgan fingerprint density at radius 1 is 0.960 bits per heavy atom. The molecule has 1 aliphatic carbocycles. The van der Waals surface area contributed by atoms with Crippen LogP contribution < -0.4 is 0 Å². The van der Waals surface area contributed by atoms with Crippen LogP contribution in [0, 0.1) is 6.92 Å². The Morgan fingerprint density at radius 2 is 1.68 bits per heavy atom. The molecule has 0 amide bonds. The fourth-order valence-corrected chi connectivity index (χ4v) is 5.80. The van der Waals surface area contributed by atoms with Gasteiger partial charge in [-0.25, -0.2) is 8.42 Å². The molecule has 2 aromatic rings. The van der Waals surface area contributed by atoms with Crippen molar-refractivity contribution >= 4 is 10.0 Å². The molecule has 4 rings (SSSR count). The number of hydrogen-bond donors (Lipinski definition) is 0. The Balaban J connectivity index is 1.80. The van der Waals surface area contributed by atoms with E-state index in [2.05, 4.69) is 6.08 Å². The monoisotopic (exact) mass is 353 g/mol. The molecule has 2 atom stereocenters. The zero-order chi connectivity index (χ0) is 17.4. The molecule has 0 radical (unpaired) electrons. The van der Waals surface area contributed by atoms with Gasteiger partial charge in [0.2, 0.25) is 10.0 Å². The lowest BCUT2D eigenvalue weighted by Crippen LogP contribution is -2.40. The lowest BCUT2D eigenvalue weighted by molar-refractivity contribution is 0.304. The van der Waals surface area contributed by atoms with Crippen molar-refractivity contribution in [1.29, 1.82) is 0 Å². The molecule has 1 heterocycles. The van der Waals surface area contributed by atoms with Crippen molar-refractivity contribution in [2.45, 2.75) is 49.6 Å². The van der Waals surface area contributed by atoms with Crippen LogP contribution in [0.3, 0.4) is 0 Å². The van der Waals surface area contributed by atoms with Crippen LogP contribution in [0.4, 0.5) is 0 Å². The van der Waals surface area contributed by atoms with E-state index >= 15 is 0 Å². The lowest BCUT2D eigenvalue weighted by Gasteiger charge is -2.33. The molecular formula is C21H23NO2S. The Bertz CT molecular complexity index is 885. The summed E-state index contributed by atoms with van der Waals surface area (Å²) in [6, 6.07) is 17.0. The molecule has 3 nitrogen and oxygen atoms in total. The molecule has 0 aromatic heterocycles. The summed E-state index contributed by atoms with van der Waals surface area (Å²) in [4.78, 5) is 0.388. The normalized spacial score (nSPS) is 24.0. The van der Waals surface area contributed by atoms with Crippen LogP contribution in [0.1, 0.15) is 42.9 Å². The summed E-state index contributed by atoms with van der Waals surface area (Å²) in [5.74, 6) is 0. The second-order valence-electron chi connectivity index (χ2n) is 7.01. The maximum atomic E-state index is 13.5. The molecule has 0 spiro atoms. The van der Waals surface area contributed by atoms with Crippen LogP contribution in [-0.4, -0.2) is 18.8 Å². The van der Waals surface area contributed by atoms with Crippen molar-refractivity contribution in [3.63, 3.8) is 0 Å². The van der Waals surface area contributed by atoms with Crippen LogP contribution in [0.2, 0.25) is 0 Å². The fraction of sp³-hybridized carbons (Fsp3) is 0.333. The Kier molecular flexibility index (Phi) is 4.26. The molecular weight excluding hydrogens is 330 g/mol. The second-order valence-corrected chi connectivity index (χ2v) is 8.85. The minimum absolute atomic E-state index is 0.00487. The van der Waals surface area contributed by atoms with Gasteiger partial charge >= 0.3 is 0 Å². The number of aryl methyl sites for hydroxylation is 1. The van der Waals surface area contributed by atoms with E-state index in [1.807, 2.05) is 49.4 Å². The number of hydrogen-bond acceptors (Lipinski definition) is 2. The molecule has 130 valence electrons. The summed E-state index contributed by atoms with van der Waals surface area (Å²) in [6.45, 7) is 1.97. The third kappa shape index (κ3) is 2.94. The van der Waals surface area contributed by atoms with Gasteiger partial charge in [0.1, 0.15) is 0 Å². The minimum Gasteiger partial charge on any atom is -0.207 e. The smallest absolute Gasteiger partial charge is 0.207 e. The number of nitrogens with zero attached hydrogens (tertiary/aromatic N) is 1. The average Bonchev–Trinajstić information content (AvgIpc) is 3.03. The predicted molar refractivity (Wildman–Crippen MR) is 99.7 cm³/mol. The van der Waals surface area contributed by atoms with Gasteiger partial charge in [-0.15, -0.1) is 0 Å². The van der Waals surface area contributed by atoms with Gasteiger partial charge in [0.05, 0.1) is 10.9 Å². The maximum absolute atomic E-state index is 13.5. The topological polar surface area (TPSA) is 37.4 Å². The zero-order valence-electron chi connectivity index (χ0n) is 14.4. The molecule has 1 saturated carbocycles. The van der Waals surface area contributed by atoms with Crippen molar-refractivity contribution in [2.75, 3.05) is 0 Å². The van der Waals surface area contributed by atoms with Crippen LogP contribution in [0.15, 0.2) is 71.1 Å². The molecule has 1 fully saturated rings. The number of benzene rings is 2. The van der Waals surface area contributed by atoms with Crippen molar-refractivity contribution in [3.05, 3.63) is 77.4 Å². The highest BCUT2D eigenvalue weighted by Gasteiger charge is 2.43. The third-order valence-corrected chi connectivity index (χ3v) is 7.22. The summed E-state index contributed by atoms with van der Waals surface area (Å²) in [5.41, 5.74) is 3.40. The number of sulfonamides is 1. The number of fused-ring (bicyclic) bond motifs is 1. The summed E-state index contributed by atoms with van der Waals surface area (Å²) in [5, 5.41) is 0. The Labute approximate surface area is 150 Å². The van der Waals surface area contributed by atoms with E-state index in [-0.39, 0.29) is 12.1 Å². The quantitative estimate of drug-likeness (QED) is 0.756. The molecule has 2 aliphatic rings. The van der Waals surface area contributed by atoms with Gasteiger partial charge in [-0.05, 0) is 43.9 Å². The van der Waals surface area contributed by atoms with Crippen LogP contribution in [-0.2, 0) is 10.0 Å². The van der Waals surface area contributed by atoms with Gasteiger partial charge in [0.15, 0.2) is 0 Å². The molecule has 4 heteroatoms. The van der Waals surface area contributed by atoms with Crippen molar-refractivity contribution in [2.24, 2.45) is 0 Å². The zero-order valence-corrected chi connectivity index (χ0v) is 15.2. The molecule has 25 heavy (non-hydrogen) atoms. The van der Waals surface area contributed by atoms with Crippen molar-refractivity contribution in [1.82, 2.24) is 4.31 Å².